The van der Waals surface area contributed by atoms with Crippen LogP contribution in [0.1, 0.15) is 94.7 Å². The van der Waals surface area contributed by atoms with E-state index in [-0.39, 0.29) is 71.8 Å². The second-order valence-corrected chi connectivity index (χ2v) is 31.3. The van der Waals surface area contributed by atoms with Crippen LogP contribution in [0.2, 0.25) is 22.2 Å². The number of aromatic amines is 1. The summed E-state index contributed by atoms with van der Waals surface area (Å²) in [4.78, 5) is 58.1. The van der Waals surface area contributed by atoms with Gasteiger partial charge in [-0.1, -0.05) is 81.5 Å². The maximum atomic E-state index is 15.3. The van der Waals surface area contributed by atoms with Crippen molar-refractivity contribution in [1.82, 2.24) is 29.5 Å². The zero-order chi connectivity index (χ0) is 48.4. The van der Waals surface area contributed by atoms with Crippen LogP contribution in [0, 0.1) is 23.2 Å². The Hall–Kier alpha value is -2.93. The third-order valence-corrected chi connectivity index (χ3v) is 24.8. The number of hydrogen-bond acceptors (Lipinski definition) is 19. The second kappa shape index (κ2) is 21.4. The largest absolute Gasteiger partial charge is 0.475 e. The number of carbonyl (C=O) groups is 1. The molecule has 3 fully saturated rings. The van der Waals surface area contributed by atoms with Crippen LogP contribution >= 0.6 is 26.9 Å². The topological polar surface area (TPSA) is 280 Å². The molecule has 6 rings (SSSR count). The molecule has 27 heteroatoms. The smallest absolute Gasteiger partial charge is 0.474 e. The Morgan fingerprint density at radius 2 is 1.74 bits per heavy atom. The van der Waals surface area contributed by atoms with Crippen LogP contribution in [-0.4, -0.2) is 108 Å². The molecule has 5 heterocycles. The highest BCUT2D eigenvalue weighted by molar-refractivity contribution is 8.44. The van der Waals surface area contributed by atoms with E-state index in [1.807, 2.05) is 61.5 Å². The van der Waals surface area contributed by atoms with Crippen LogP contribution in [-0.2, 0) is 49.8 Å². The Labute approximate surface area is 391 Å². The predicted molar refractivity (Wildman–Crippen MR) is 247 cm³/mol. The van der Waals surface area contributed by atoms with E-state index in [1.165, 1.54) is 23.4 Å². The van der Waals surface area contributed by atoms with Crippen molar-refractivity contribution in [2.45, 2.75) is 147 Å². The van der Waals surface area contributed by atoms with E-state index in [4.69, 9.17) is 40.6 Å². The molecular formula is C39H62N8O14P2SSi2. The Morgan fingerprint density at radius 1 is 1.03 bits per heavy atom. The number of anilines is 1. The summed E-state index contributed by atoms with van der Waals surface area (Å²) in [6.45, 7) is 13.2. The Morgan fingerprint density at radius 3 is 2.36 bits per heavy atom. The minimum Gasteiger partial charge on any atom is -0.474 e. The Kier molecular flexibility index (Phi) is 17.0. The summed E-state index contributed by atoms with van der Waals surface area (Å²) < 4.78 is 89.1. The van der Waals surface area contributed by atoms with Crippen molar-refractivity contribution in [3.63, 3.8) is 0 Å². The summed E-state index contributed by atoms with van der Waals surface area (Å²) in [5, 5.41) is 12.1. The summed E-state index contributed by atoms with van der Waals surface area (Å²) in [6.07, 6.45) is -2.55. The van der Waals surface area contributed by atoms with E-state index < -0.39 is 98.4 Å². The third-order valence-electron chi connectivity index (χ3n) is 11.9. The van der Waals surface area contributed by atoms with Crippen molar-refractivity contribution in [1.29, 1.82) is 5.26 Å². The van der Waals surface area contributed by atoms with Gasteiger partial charge in [0.25, 0.3) is 5.56 Å². The summed E-state index contributed by atoms with van der Waals surface area (Å²) in [7, 11) is -12.1. The summed E-state index contributed by atoms with van der Waals surface area (Å²) in [5.41, 5.74) is -2.09. The van der Waals surface area contributed by atoms with Crippen molar-refractivity contribution in [2.75, 3.05) is 25.1 Å². The molecule has 66 heavy (non-hydrogen) atoms. The van der Waals surface area contributed by atoms with Crippen LogP contribution in [0.3, 0.4) is 0 Å². The van der Waals surface area contributed by atoms with Crippen LogP contribution in [0.15, 0.2) is 29.7 Å². The van der Waals surface area contributed by atoms with E-state index >= 15 is 4.57 Å². The van der Waals surface area contributed by atoms with E-state index in [1.54, 1.807) is 19.9 Å². The number of nitrogens with one attached hydrogen (secondary N) is 2. The summed E-state index contributed by atoms with van der Waals surface area (Å²) >= 11 is 4.41. The van der Waals surface area contributed by atoms with Crippen molar-refractivity contribution >= 4 is 67.0 Å². The number of phosphoric ester groups is 1. The highest BCUT2D eigenvalue weighted by atomic mass is 32.7. The van der Waals surface area contributed by atoms with Crippen molar-refractivity contribution in [3.05, 3.63) is 35.3 Å². The zero-order valence-corrected chi connectivity index (χ0v) is 43.4. The lowest BCUT2D eigenvalue weighted by Crippen LogP contribution is -2.62. The average molecular weight is 1020 g/mol. The number of carbonyl (C=O) groups excluding carboxylic acids is 1. The molecule has 2 bridgehead atoms. The number of thiol groups is 1. The molecule has 9 atom stereocenters. The lowest BCUT2D eigenvalue weighted by atomic mass is 10.1. The standard InChI is InChI=1S/C39H62N8O14P2SSi2/c1-22(2)36(48)45-39-44-35-32(37(49)46-39)43-21-47(35)38-34-33(60-66(25(7)8,26(9)10)61-65(52,23(3)4)24(5)6)30(57-38)19-55-63(51,64)58-29-17-28(56-31-12-14-41-20-42-31)16-27(29)18-54-62(50,59-34)53-15-11-13-40/h12,14,20-30,33-34,38,52H,11,15-19H2,1-10H3,(H,51,64)(H2,44,45,46,48,49)/t27-,28-,29+,30-,33-,34-,38-,62?,63-/m1/s1. The Bertz CT molecular complexity index is 2340. The fourth-order valence-corrected chi connectivity index (χ4v) is 21.2. The number of H-pyrrole nitrogens is 1. The first-order valence-corrected chi connectivity index (χ1v) is 30.2. The molecule has 3 aromatic rings. The molecular weight excluding hydrogens is 955 g/mol. The molecule has 0 radical (unpaired) electrons. The lowest BCUT2D eigenvalue weighted by molar-refractivity contribution is -0.118. The fourth-order valence-electron chi connectivity index (χ4n) is 8.29. The van der Waals surface area contributed by atoms with Gasteiger partial charge in [0.2, 0.25) is 17.7 Å². The Balaban J connectivity index is 1.51. The number of imidazole rings is 1. The van der Waals surface area contributed by atoms with Crippen LogP contribution in [0.5, 0.6) is 5.88 Å². The first kappa shape index (κ1) is 52.4. The number of rotatable bonds is 16. The maximum absolute atomic E-state index is 15.3. The van der Waals surface area contributed by atoms with Crippen molar-refractivity contribution in [3.8, 4) is 11.9 Å². The van der Waals surface area contributed by atoms with Gasteiger partial charge in [-0.25, -0.2) is 24.1 Å². The maximum Gasteiger partial charge on any atom is 0.475 e. The fraction of sp³-hybridized carbons (Fsp3) is 0.718. The van der Waals surface area contributed by atoms with Gasteiger partial charge in [0.15, 0.2) is 17.4 Å². The van der Waals surface area contributed by atoms with Gasteiger partial charge in [0, 0.05) is 30.5 Å². The highest BCUT2D eigenvalue weighted by Crippen LogP contribution is 2.60. The molecule has 1 unspecified atom stereocenters. The molecule has 1 saturated carbocycles. The monoisotopic (exact) mass is 1020 g/mol. The molecule has 2 saturated heterocycles. The van der Waals surface area contributed by atoms with Gasteiger partial charge in [-0.2, -0.15) is 10.2 Å². The van der Waals surface area contributed by atoms with Gasteiger partial charge in [-0.15, -0.1) is 0 Å². The van der Waals surface area contributed by atoms with Crippen molar-refractivity contribution in [2.24, 2.45) is 11.8 Å². The van der Waals surface area contributed by atoms with Crippen LogP contribution in [0.25, 0.3) is 11.2 Å². The second-order valence-electron chi connectivity index (χ2n) is 18.2. The number of amides is 1. The van der Waals surface area contributed by atoms with E-state index in [0.717, 1.165) is 0 Å². The highest BCUT2D eigenvalue weighted by Gasteiger charge is 2.61. The number of nitriles is 1. The molecule has 1 aliphatic carbocycles. The number of nitrogens with zero attached hydrogens (tertiary/aromatic N) is 6. The SMILES string of the molecule is CC(C)C(=O)Nc1nc2c(ncn2[C@@H]2O[C@@H]3CO[P@@](=O)(S)O[C@H]4C[C@H](Oc5ccncn5)C[C@@H]4COP(=O)(OCCC#N)O[C@@H]2[C@@H]3O[Si](O[Si](O)(C(C)C)C(C)C)(C(C)C)C(C)C)c(=O)[nH]1. The van der Waals surface area contributed by atoms with Crippen LogP contribution < -0.4 is 15.6 Å². The van der Waals surface area contributed by atoms with Crippen LogP contribution in [0.4, 0.5) is 5.95 Å². The first-order valence-electron chi connectivity index (χ1n) is 22.1. The first-order chi connectivity index (χ1) is 31.0. The zero-order valence-electron chi connectivity index (χ0n) is 38.8. The number of fused-ring (bicyclic) bond motifs is 4. The molecule has 22 nitrogen and oxygen atoms in total. The van der Waals surface area contributed by atoms with Gasteiger partial charge in [0.1, 0.15) is 30.7 Å². The van der Waals surface area contributed by atoms with Crippen molar-refractivity contribution < 1.29 is 59.4 Å². The minimum atomic E-state index is -4.80. The average Bonchev–Trinajstić information content (AvgIpc) is 3.93. The summed E-state index contributed by atoms with van der Waals surface area (Å²) in [5.74, 6) is -1.41. The number of phosphoric acid groups is 1. The molecule has 1 amide bonds. The van der Waals surface area contributed by atoms with Gasteiger partial charge in [-0.05, 0) is 28.6 Å². The predicted octanol–water partition coefficient (Wildman–Crippen LogP) is 7.07. The van der Waals surface area contributed by atoms with E-state index in [0.29, 0.717) is 5.88 Å². The molecule has 0 spiro atoms. The number of ether oxygens (including phenoxy) is 2. The lowest BCUT2D eigenvalue weighted by Gasteiger charge is -2.47. The number of hydrogen-bond donors (Lipinski definition) is 4. The van der Waals surface area contributed by atoms with Gasteiger partial charge >= 0.3 is 31.7 Å². The van der Waals surface area contributed by atoms with E-state index in [9.17, 15) is 24.2 Å². The third kappa shape index (κ3) is 11.7. The number of aromatic nitrogens is 6. The molecule has 2 aliphatic heterocycles. The molecule has 366 valence electrons. The van der Waals surface area contributed by atoms with Gasteiger partial charge in [0.05, 0.1) is 44.7 Å². The molecule has 3 aliphatic rings. The molecule has 3 aromatic heterocycles. The molecule has 0 aromatic carbocycles. The van der Waals surface area contributed by atoms with Gasteiger partial charge < -0.3 is 22.8 Å². The quantitative estimate of drug-likeness (QED) is 0.0483. The minimum absolute atomic E-state index is 0.0698. The van der Waals surface area contributed by atoms with E-state index in [2.05, 4.69) is 42.5 Å². The van der Waals surface area contributed by atoms with Gasteiger partial charge in [-0.3, -0.25) is 47.1 Å². The normalized spacial score (nSPS) is 28.9. The summed E-state index contributed by atoms with van der Waals surface area (Å²) in [6, 6.07) is 3.56. The molecule has 3 N–H and O–H groups in total.